The number of hydrogen-bond acceptors (Lipinski definition) is 3. The van der Waals surface area contributed by atoms with E-state index in [2.05, 4.69) is 60.8 Å². The Morgan fingerprint density at radius 1 is 1.39 bits per heavy atom. The van der Waals surface area contributed by atoms with E-state index in [1.807, 2.05) is 13.2 Å². The highest BCUT2D eigenvalue weighted by atomic mass is 16.2. The Labute approximate surface area is 138 Å². The number of hydrogen-bond donors (Lipinski definition) is 2. The molecule has 5 heteroatoms. The van der Waals surface area contributed by atoms with Crippen LogP contribution in [0.5, 0.6) is 0 Å². The van der Waals surface area contributed by atoms with Gasteiger partial charge in [0.05, 0.1) is 6.20 Å². The van der Waals surface area contributed by atoms with Crippen LogP contribution in [0.15, 0.2) is 36.7 Å². The fourth-order valence-corrected chi connectivity index (χ4v) is 2.62. The molecule has 124 valence electrons. The summed E-state index contributed by atoms with van der Waals surface area (Å²) in [6.45, 7) is 6.94. The molecule has 0 saturated heterocycles. The first kappa shape index (κ1) is 17.2. The van der Waals surface area contributed by atoms with Gasteiger partial charge in [-0.25, -0.2) is 0 Å². The molecule has 23 heavy (non-hydrogen) atoms. The number of carbonyl (C=O) groups is 1. The minimum Gasteiger partial charge on any atom is -0.354 e. The van der Waals surface area contributed by atoms with Crippen molar-refractivity contribution < 1.29 is 4.79 Å². The molecule has 0 aliphatic heterocycles. The zero-order chi connectivity index (χ0) is 17.0. The van der Waals surface area contributed by atoms with Crippen LogP contribution in [0.2, 0.25) is 0 Å². The van der Waals surface area contributed by atoms with E-state index < -0.39 is 6.04 Å². The summed E-state index contributed by atoms with van der Waals surface area (Å²) < 4.78 is 1.70. The second kappa shape index (κ2) is 6.96. The molecule has 1 aromatic heterocycles. The van der Waals surface area contributed by atoms with Crippen molar-refractivity contribution in [1.82, 2.24) is 20.4 Å². The smallest absolute Gasteiger partial charge is 0.241 e. The van der Waals surface area contributed by atoms with Crippen LogP contribution in [0, 0.1) is 6.92 Å². The Balaban J connectivity index is 2.05. The maximum atomic E-state index is 12.5. The summed E-state index contributed by atoms with van der Waals surface area (Å²) in [4.78, 5) is 12.5. The molecule has 5 nitrogen and oxygen atoms in total. The Hall–Kier alpha value is -2.14. The van der Waals surface area contributed by atoms with Crippen molar-refractivity contribution in [3.8, 4) is 0 Å². The molecule has 0 radical (unpaired) electrons. The molecule has 0 aliphatic rings. The van der Waals surface area contributed by atoms with Crippen LogP contribution in [0.1, 0.15) is 36.6 Å². The molecule has 2 N–H and O–H groups in total. The van der Waals surface area contributed by atoms with Gasteiger partial charge >= 0.3 is 0 Å². The maximum absolute atomic E-state index is 12.5. The first-order chi connectivity index (χ1) is 10.8. The van der Waals surface area contributed by atoms with Gasteiger partial charge < -0.3 is 10.6 Å². The zero-order valence-electron chi connectivity index (χ0n) is 14.6. The highest BCUT2D eigenvalue weighted by Crippen LogP contribution is 2.23. The standard InChI is InChI=1S/C18H26N4O/c1-13-7-6-8-15(9-13)18(2,3)12-20-17(23)16(19-4)14-10-21-22(5)11-14/h6-11,16,19H,12H2,1-5H3,(H,20,23). The van der Waals surface area contributed by atoms with Crippen molar-refractivity contribution in [1.29, 1.82) is 0 Å². The van der Waals surface area contributed by atoms with Crippen molar-refractivity contribution in [3.05, 3.63) is 53.3 Å². The van der Waals surface area contributed by atoms with Gasteiger partial charge in [-0.2, -0.15) is 5.10 Å². The lowest BCUT2D eigenvalue weighted by Gasteiger charge is -2.27. The van der Waals surface area contributed by atoms with E-state index in [4.69, 9.17) is 0 Å². The highest BCUT2D eigenvalue weighted by Gasteiger charge is 2.25. The largest absolute Gasteiger partial charge is 0.354 e. The molecule has 0 bridgehead atoms. The van der Waals surface area contributed by atoms with Crippen LogP contribution in [-0.4, -0.2) is 29.3 Å². The number of nitrogens with one attached hydrogen (secondary N) is 2. The first-order valence-corrected chi connectivity index (χ1v) is 7.84. The van der Waals surface area contributed by atoms with Crippen LogP contribution in [-0.2, 0) is 17.3 Å². The van der Waals surface area contributed by atoms with E-state index in [0.717, 1.165) is 5.56 Å². The predicted molar refractivity (Wildman–Crippen MR) is 92.2 cm³/mol. The third kappa shape index (κ3) is 4.20. The molecule has 0 saturated carbocycles. The second-order valence-electron chi connectivity index (χ2n) is 6.64. The number of aromatic nitrogens is 2. The molecular formula is C18H26N4O. The van der Waals surface area contributed by atoms with Gasteiger partial charge in [-0.15, -0.1) is 0 Å². The second-order valence-corrected chi connectivity index (χ2v) is 6.64. The summed E-state index contributed by atoms with van der Waals surface area (Å²) in [7, 11) is 3.62. The van der Waals surface area contributed by atoms with Crippen LogP contribution in [0.3, 0.4) is 0 Å². The van der Waals surface area contributed by atoms with Gasteiger partial charge in [0.1, 0.15) is 6.04 Å². The molecule has 1 amide bonds. The lowest BCUT2D eigenvalue weighted by Crippen LogP contribution is -2.42. The van der Waals surface area contributed by atoms with Crippen LogP contribution < -0.4 is 10.6 Å². The molecular weight excluding hydrogens is 288 g/mol. The summed E-state index contributed by atoms with van der Waals surface area (Å²) in [5.41, 5.74) is 3.18. The highest BCUT2D eigenvalue weighted by molar-refractivity contribution is 5.83. The van der Waals surface area contributed by atoms with Crippen LogP contribution >= 0.6 is 0 Å². The number of rotatable bonds is 6. The fraction of sp³-hybridized carbons (Fsp3) is 0.444. The SMILES string of the molecule is CNC(C(=O)NCC(C)(C)c1cccc(C)c1)c1cnn(C)c1. The average molecular weight is 314 g/mol. The van der Waals surface area contributed by atoms with E-state index in [9.17, 15) is 4.79 Å². The number of amides is 1. The first-order valence-electron chi connectivity index (χ1n) is 7.84. The summed E-state index contributed by atoms with van der Waals surface area (Å²) in [5, 5.41) is 10.2. The van der Waals surface area contributed by atoms with Crippen molar-refractivity contribution in [3.63, 3.8) is 0 Å². The van der Waals surface area contributed by atoms with Crippen LogP contribution in [0.4, 0.5) is 0 Å². The zero-order valence-corrected chi connectivity index (χ0v) is 14.6. The number of likely N-dealkylation sites (N-methyl/N-ethyl adjacent to an activating group) is 1. The molecule has 2 rings (SSSR count). The maximum Gasteiger partial charge on any atom is 0.241 e. The third-order valence-corrected chi connectivity index (χ3v) is 4.11. The number of carbonyl (C=O) groups excluding carboxylic acids is 1. The van der Waals surface area contributed by atoms with Crippen molar-refractivity contribution in [2.45, 2.75) is 32.2 Å². The molecule has 1 heterocycles. The van der Waals surface area contributed by atoms with E-state index in [0.29, 0.717) is 6.54 Å². The lowest BCUT2D eigenvalue weighted by atomic mass is 9.84. The predicted octanol–water partition coefficient (Wildman–Crippen LogP) is 2.08. The topological polar surface area (TPSA) is 59.0 Å². The Bertz CT molecular complexity index is 675. The number of benzene rings is 1. The number of nitrogens with zero attached hydrogens (tertiary/aromatic N) is 2. The summed E-state index contributed by atoms with van der Waals surface area (Å²) in [5.74, 6) is -0.0405. The van der Waals surface area contributed by atoms with Crippen molar-refractivity contribution in [2.75, 3.05) is 13.6 Å². The summed E-state index contributed by atoms with van der Waals surface area (Å²) >= 11 is 0. The Kier molecular flexibility index (Phi) is 5.21. The average Bonchev–Trinajstić information content (AvgIpc) is 2.92. The van der Waals surface area contributed by atoms with Crippen molar-refractivity contribution >= 4 is 5.91 Å². The monoisotopic (exact) mass is 314 g/mol. The molecule has 1 unspecified atom stereocenters. The van der Waals surface area contributed by atoms with E-state index >= 15 is 0 Å². The van der Waals surface area contributed by atoms with Gasteiger partial charge in [0.15, 0.2) is 0 Å². The van der Waals surface area contributed by atoms with E-state index in [1.165, 1.54) is 11.1 Å². The van der Waals surface area contributed by atoms with Gasteiger partial charge in [0.25, 0.3) is 0 Å². The van der Waals surface area contributed by atoms with Gasteiger partial charge in [0.2, 0.25) is 5.91 Å². The summed E-state index contributed by atoms with van der Waals surface area (Å²) in [6, 6.07) is 8.02. The Morgan fingerprint density at radius 2 is 2.13 bits per heavy atom. The minimum atomic E-state index is -0.392. The number of aryl methyl sites for hydroxylation is 2. The van der Waals surface area contributed by atoms with Gasteiger partial charge in [-0.1, -0.05) is 43.7 Å². The lowest BCUT2D eigenvalue weighted by molar-refractivity contribution is -0.123. The molecule has 0 fully saturated rings. The molecule has 0 spiro atoms. The normalized spacial score (nSPS) is 12.9. The van der Waals surface area contributed by atoms with E-state index in [-0.39, 0.29) is 11.3 Å². The van der Waals surface area contributed by atoms with Crippen molar-refractivity contribution in [2.24, 2.45) is 7.05 Å². The van der Waals surface area contributed by atoms with Crippen LogP contribution in [0.25, 0.3) is 0 Å². The van der Waals surface area contributed by atoms with Gasteiger partial charge in [0, 0.05) is 30.8 Å². The Morgan fingerprint density at radius 3 is 2.70 bits per heavy atom. The molecule has 2 aromatic rings. The minimum absolute atomic E-state index is 0.0405. The van der Waals surface area contributed by atoms with Gasteiger partial charge in [-0.3, -0.25) is 9.48 Å². The fourth-order valence-electron chi connectivity index (χ4n) is 2.62. The molecule has 1 atom stereocenters. The molecule has 0 aliphatic carbocycles. The third-order valence-electron chi connectivity index (χ3n) is 4.11. The quantitative estimate of drug-likeness (QED) is 0.858. The molecule has 1 aromatic carbocycles. The van der Waals surface area contributed by atoms with Gasteiger partial charge in [-0.05, 0) is 19.5 Å². The summed E-state index contributed by atoms with van der Waals surface area (Å²) in [6.07, 6.45) is 3.57. The van der Waals surface area contributed by atoms with E-state index in [1.54, 1.807) is 17.9 Å².